The highest BCUT2D eigenvalue weighted by atomic mass is 79.9. The van der Waals surface area contributed by atoms with Crippen molar-refractivity contribution in [3.05, 3.63) is 86.3 Å². The second kappa shape index (κ2) is 11.3. The van der Waals surface area contributed by atoms with Gasteiger partial charge in [-0.3, -0.25) is 14.5 Å². The van der Waals surface area contributed by atoms with Crippen LogP contribution in [0.15, 0.2) is 73.9 Å². The first-order valence-electron chi connectivity index (χ1n) is 12.3. The Labute approximate surface area is 243 Å². The number of amides is 1. The van der Waals surface area contributed by atoms with Crippen LogP contribution in [0.3, 0.4) is 0 Å². The minimum absolute atomic E-state index is 0.00797. The van der Waals surface area contributed by atoms with Gasteiger partial charge in [0.15, 0.2) is 10.1 Å². The van der Waals surface area contributed by atoms with Crippen LogP contribution in [0.25, 0.3) is 0 Å². The fourth-order valence-electron chi connectivity index (χ4n) is 4.82. The maximum absolute atomic E-state index is 13.3. The van der Waals surface area contributed by atoms with E-state index < -0.39 is 5.92 Å². The predicted octanol–water partition coefficient (Wildman–Crippen LogP) is 5.95. The van der Waals surface area contributed by atoms with Crippen LogP contribution in [0.1, 0.15) is 41.9 Å². The van der Waals surface area contributed by atoms with Crippen molar-refractivity contribution in [2.45, 2.75) is 43.4 Å². The Morgan fingerprint density at radius 3 is 2.79 bits per heavy atom. The van der Waals surface area contributed by atoms with Crippen LogP contribution < -0.4 is 16.0 Å². The van der Waals surface area contributed by atoms with Crippen molar-refractivity contribution >= 4 is 61.5 Å². The Balaban J connectivity index is 1.41. The molecule has 3 N–H and O–H groups in total. The van der Waals surface area contributed by atoms with Crippen LogP contribution in [0.4, 0.5) is 10.8 Å². The number of carbonyl (C=O) groups is 2. The predicted molar refractivity (Wildman–Crippen MR) is 157 cm³/mol. The van der Waals surface area contributed by atoms with Crippen LogP contribution in [-0.4, -0.2) is 27.6 Å². The molecule has 1 aromatic heterocycles. The molecule has 39 heavy (non-hydrogen) atoms. The van der Waals surface area contributed by atoms with Gasteiger partial charge in [-0.1, -0.05) is 57.2 Å². The molecule has 0 saturated heterocycles. The molecule has 1 aliphatic heterocycles. The standard InChI is InChI=1S/C28H25BrN6O2S2/c1-15-9-10-19(11-16(15)2)32-23(37)14-38-28-34-33-27(39-28)35-21-7-4-8-22(36)25(21)24(20(13-30)26(35)31)17-5-3-6-18(29)12-17/h3,5-6,9-12,24H,4,7-8,14,31H2,1-2H3,(H,32,37). The largest absolute Gasteiger partial charge is 0.384 e. The number of allylic oxidation sites excluding steroid dienone is 3. The quantitative estimate of drug-likeness (QED) is 0.324. The molecule has 8 nitrogen and oxygen atoms in total. The van der Waals surface area contributed by atoms with Crippen LogP contribution in [-0.2, 0) is 9.59 Å². The number of carbonyl (C=O) groups excluding carboxylic acids is 2. The van der Waals surface area contributed by atoms with E-state index in [4.69, 9.17) is 5.73 Å². The Morgan fingerprint density at radius 2 is 2.05 bits per heavy atom. The molecule has 2 heterocycles. The Hall–Kier alpha value is -3.46. The fourth-order valence-corrected chi connectivity index (χ4v) is 6.92. The molecule has 1 unspecified atom stereocenters. The molecule has 0 fully saturated rings. The molecule has 1 amide bonds. The summed E-state index contributed by atoms with van der Waals surface area (Å²) < 4.78 is 1.45. The van der Waals surface area contributed by atoms with E-state index in [2.05, 4.69) is 37.5 Å². The zero-order valence-electron chi connectivity index (χ0n) is 21.3. The Kier molecular flexibility index (Phi) is 7.88. The zero-order valence-corrected chi connectivity index (χ0v) is 24.5. The molecular formula is C28H25BrN6O2S2. The van der Waals surface area contributed by atoms with Gasteiger partial charge in [-0.15, -0.1) is 10.2 Å². The summed E-state index contributed by atoms with van der Waals surface area (Å²) in [5.41, 5.74) is 12.1. The summed E-state index contributed by atoms with van der Waals surface area (Å²) in [5, 5.41) is 22.1. The summed E-state index contributed by atoms with van der Waals surface area (Å²) in [6.07, 6.45) is 1.74. The van der Waals surface area contributed by atoms with Crippen molar-refractivity contribution in [1.29, 1.82) is 5.26 Å². The van der Waals surface area contributed by atoms with Gasteiger partial charge >= 0.3 is 0 Å². The normalized spacial score (nSPS) is 17.2. The van der Waals surface area contributed by atoms with Gasteiger partial charge < -0.3 is 11.1 Å². The number of nitrogens with zero attached hydrogens (tertiary/aromatic N) is 4. The minimum Gasteiger partial charge on any atom is -0.384 e. The molecule has 5 rings (SSSR count). The average Bonchev–Trinajstić information content (AvgIpc) is 3.37. The summed E-state index contributed by atoms with van der Waals surface area (Å²) in [6.45, 7) is 4.03. The number of ketones is 1. The van der Waals surface area contributed by atoms with Gasteiger partial charge in [0.2, 0.25) is 11.0 Å². The van der Waals surface area contributed by atoms with E-state index in [9.17, 15) is 14.9 Å². The topological polar surface area (TPSA) is 125 Å². The van der Waals surface area contributed by atoms with Gasteiger partial charge in [0.25, 0.3) is 0 Å². The highest BCUT2D eigenvalue weighted by Crippen LogP contribution is 2.47. The maximum atomic E-state index is 13.3. The molecule has 3 aromatic rings. The molecule has 2 aliphatic rings. The lowest BCUT2D eigenvalue weighted by molar-refractivity contribution is -0.116. The van der Waals surface area contributed by atoms with E-state index >= 15 is 0 Å². The second-order valence-electron chi connectivity index (χ2n) is 9.36. The van der Waals surface area contributed by atoms with E-state index in [1.165, 1.54) is 23.1 Å². The van der Waals surface area contributed by atoms with Gasteiger partial charge in [-0.2, -0.15) is 5.26 Å². The van der Waals surface area contributed by atoms with Crippen LogP contribution in [0.2, 0.25) is 0 Å². The number of thioether (sulfide) groups is 1. The lowest BCUT2D eigenvalue weighted by Crippen LogP contribution is -2.38. The number of hydrogen-bond donors (Lipinski definition) is 2. The van der Waals surface area contributed by atoms with Crippen molar-refractivity contribution in [1.82, 2.24) is 10.2 Å². The molecule has 0 spiro atoms. The summed E-state index contributed by atoms with van der Waals surface area (Å²) in [5.74, 6) is -0.274. The molecule has 198 valence electrons. The summed E-state index contributed by atoms with van der Waals surface area (Å²) in [7, 11) is 0. The molecular weight excluding hydrogens is 596 g/mol. The van der Waals surface area contributed by atoms with Crippen molar-refractivity contribution in [2.24, 2.45) is 5.73 Å². The van der Waals surface area contributed by atoms with Crippen molar-refractivity contribution in [3.8, 4) is 6.07 Å². The van der Waals surface area contributed by atoms with Gasteiger partial charge in [0, 0.05) is 27.9 Å². The molecule has 2 aromatic carbocycles. The molecule has 11 heteroatoms. The number of nitriles is 1. The van der Waals surface area contributed by atoms with E-state index in [0.717, 1.165) is 32.5 Å². The highest BCUT2D eigenvalue weighted by molar-refractivity contribution is 9.10. The van der Waals surface area contributed by atoms with Gasteiger partial charge in [-0.05, 0) is 67.6 Å². The zero-order chi connectivity index (χ0) is 27.7. The third kappa shape index (κ3) is 5.50. The summed E-state index contributed by atoms with van der Waals surface area (Å²) in [4.78, 5) is 27.5. The lowest BCUT2D eigenvalue weighted by atomic mass is 9.76. The van der Waals surface area contributed by atoms with E-state index in [1.807, 2.05) is 56.3 Å². The highest BCUT2D eigenvalue weighted by Gasteiger charge is 2.41. The first-order valence-corrected chi connectivity index (χ1v) is 14.9. The third-order valence-corrected chi connectivity index (χ3v) is 9.33. The number of nitrogens with one attached hydrogen (secondary N) is 1. The van der Waals surface area contributed by atoms with Crippen LogP contribution >= 0.6 is 39.0 Å². The Bertz CT molecular complexity index is 1590. The number of benzene rings is 2. The van der Waals surface area contributed by atoms with Crippen molar-refractivity contribution < 1.29 is 9.59 Å². The number of aromatic nitrogens is 2. The van der Waals surface area contributed by atoms with Gasteiger partial charge in [-0.25, -0.2) is 0 Å². The van der Waals surface area contributed by atoms with E-state index in [-0.39, 0.29) is 23.3 Å². The number of rotatable bonds is 6. The summed E-state index contributed by atoms with van der Waals surface area (Å²) >= 11 is 6.05. The molecule has 1 aliphatic carbocycles. The fraction of sp³-hybridized carbons (Fsp3) is 0.250. The van der Waals surface area contributed by atoms with E-state index in [1.54, 1.807) is 4.90 Å². The Morgan fingerprint density at radius 1 is 1.23 bits per heavy atom. The van der Waals surface area contributed by atoms with Gasteiger partial charge in [0.1, 0.15) is 5.82 Å². The van der Waals surface area contributed by atoms with Gasteiger partial charge in [0.05, 0.1) is 23.3 Å². The second-order valence-corrected chi connectivity index (χ2v) is 12.5. The van der Waals surface area contributed by atoms with Crippen LogP contribution in [0, 0.1) is 25.2 Å². The van der Waals surface area contributed by atoms with Crippen molar-refractivity contribution in [2.75, 3.05) is 16.0 Å². The molecule has 0 bridgehead atoms. The average molecular weight is 622 g/mol. The molecule has 0 saturated carbocycles. The number of nitrogens with two attached hydrogens (primary N) is 1. The maximum Gasteiger partial charge on any atom is 0.234 e. The molecule has 0 radical (unpaired) electrons. The number of hydrogen-bond acceptors (Lipinski definition) is 9. The smallest absolute Gasteiger partial charge is 0.234 e. The first-order chi connectivity index (χ1) is 18.8. The monoisotopic (exact) mass is 620 g/mol. The number of Topliss-reactive ketones (excluding diaryl/α,β-unsaturated/α-hetero) is 1. The molecule has 1 atom stereocenters. The number of halogens is 1. The third-order valence-electron chi connectivity index (χ3n) is 6.80. The van der Waals surface area contributed by atoms with Crippen molar-refractivity contribution in [3.63, 3.8) is 0 Å². The number of anilines is 2. The number of aryl methyl sites for hydroxylation is 2. The van der Waals surface area contributed by atoms with E-state index in [0.29, 0.717) is 39.9 Å². The minimum atomic E-state index is -0.539. The van der Waals surface area contributed by atoms with Crippen LogP contribution in [0.5, 0.6) is 0 Å². The first kappa shape index (κ1) is 27.1. The summed E-state index contributed by atoms with van der Waals surface area (Å²) in [6, 6.07) is 15.7. The SMILES string of the molecule is Cc1ccc(NC(=O)CSc2nnc(N3C(N)=C(C#N)C(c4cccc(Br)c4)C4=C3CCCC4=O)s2)cc1C. The lowest BCUT2D eigenvalue weighted by Gasteiger charge is -2.38.